The molecule has 1 aromatic rings. The van der Waals surface area contributed by atoms with E-state index in [1.54, 1.807) is 24.3 Å². The van der Waals surface area contributed by atoms with Crippen LogP contribution in [0.5, 0.6) is 11.5 Å². The lowest BCUT2D eigenvalue weighted by molar-refractivity contribution is -0.128. The summed E-state index contributed by atoms with van der Waals surface area (Å²) in [6.45, 7) is 5.15. The first-order valence-electron chi connectivity index (χ1n) is 7.04. The quantitative estimate of drug-likeness (QED) is 0.814. The van der Waals surface area contributed by atoms with Crippen LogP contribution in [-0.4, -0.2) is 42.5 Å². The van der Waals surface area contributed by atoms with Gasteiger partial charge in [0, 0.05) is 6.54 Å². The van der Waals surface area contributed by atoms with Gasteiger partial charge < -0.3 is 19.5 Å². The average molecular weight is 317 g/mol. The number of Topliss-reactive ketones (excluding diaryl/α,β-unsaturated/α-hetero) is 1. The van der Waals surface area contributed by atoms with Crippen LogP contribution in [-0.2, 0) is 9.59 Å². The molecule has 1 aromatic carbocycles. The molecular weight excluding hydrogens is 298 g/mol. The summed E-state index contributed by atoms with van der Waals surface area (Å²) in [5.41, 5.74) is 0.719. The number of nitrogens with zero attached hydrogens (tertiary/aromatic N) is 1. The standard InChI is InChI=1S/C17H19NO5/c1-5-8-18-15(14(10(2)19)16(20)17(18)21)11-6-7-12(22-3)13(9-11)23-4/h5-7,9,15,20H,1,8H2,2-4H3/t15-/m0/s1. The van der Waals surface area contributed by atoms with Crippen LogP contribution in [0.3, 0.4) is 0 Å². The van der Waals surface area contributed by atoms with E-state index in [-0.39, 0.29) is 17.9 Å². The van der Waals surface area contributed by atoms with Gasteiger partial charge in [0.1, 0.15) is 0 Å². The molecule has 0 bridgehead atoms. The highest BCUT2D eigenvalue weighted by atomic mass is 16.5. The van der Waals surface area contributed by atoms with Crippen molar-refractivity contribution in [1.29, 1.82) is 0 Å². The second-order valence-electron chi connectivity index (χ2n) is 5.08. The smallest absolute Gasteiger partial charge is 0.290 e. The van der Waals surface area contributed by atoms with Gasteiger partial charge in [0.15, 0.2) is 23.0 Å². The van der Waals surface area contributed by atoms with Crippen LogP contribution in [0.2, 0.25) is 0 Å². The Kier molecular flexibility index (Phi) is 4.74. The summed E-state index contributed by atoms with van der Waals surface area (Å²) in [7, 11) is 3.02. The van der Waals surface area contributed by atoms with Gasteiger partial charge >= 0.3 is 0 Å². The minimum atomic E-state index is -0.683. The second-order valence-corrected chi connectivity index (χ2v) is 5.08. The minimum absolute atomic E-state index is 0.0732. The third-order valence-electron chi connectivity index (χ3n) is 3.73. The average Bonchev–Trinajstić information content (AvgIpc) is 2.79. The fourth-order valence-corrected chi connectivity index (χ4v) is 2.71. The van der Waals surface area contributed by atoms with Crippen molar-refractivity contribution in [1.82, 2.24) is 4.90 Å². The van der Waals surface area contributed by atoms with E-state index in [9.17, 15) is 14.7 Å². The summed E-state index contributed by atoms with van der Waals surface area (Å²) in [4.78, 5) is 25.6. The molecule has 1 aliphatic heterocycles. The van der Waals surface area contributed by atoms with E-state index in [1.807, 2.05) is 0 Å². The molecule has 0 spiro atoms. The van der Waals surface area contributed by atoms with Crippen molar-refractivity contribution in [3.63, 3.8) is 0 Å². The minimum Gasteiger partial charge on any atom is -0.503 e. The van der Waals surface area contributed by atoms with Crippen LogP contribution < -0.4 is 9.47 Å². The number of amides is 1. The van der Waals surface area contributed by atoms with Gasteiger partial charge in [-0.15, -0.1) is 6.58 Å². The lowest BCUT2D eigenvalue weighted by Crippen LogP contribution is -2.31. The number of rotatable bonds is 6. The monoisotopic (exact) mass is 317 g/mol. The summed E-state index contributed by atoms with van der Waals surface area (Å²) in [5, 5.41) is 10.1. The van der Waals surface area contributed by atoms with Gasteiger partial charge in [0.2, 0.25) is 0 Å². The Hall–Kier alpha value is -2.76. The van der Waals surface area contributed by atoms with Gasteiger partial charge in [0.25, 0.3) is 5.91 Å². The number of carbonyl (C=O) groups excluding carboxylic acids is 2. The maximum atomic E-state index is 12.2. The van der Waals surface area contributed by atoms with Crippen LogP contribution in [0, 0.1) is 0 Å². The normalized spacial score (nSPS) is 17.4. The largest absolute Gasteiger partial charge is 0.503 e. The third-order valence-corrected chi connectivity index (χ3v) is 3.73. The van der Waals surface area contributed by atoms with E-state index in [0.29, 0.717) is 17.1 Å². The third kappa shape index (κ3) is 2.79. The Morgan fingerprint density at radius 2 is 2.00 bits per heavy atom. The summed E-state index contributed by atoms with van der Waals surface area (Å²) in [6.07, 6.45) is 1.54. The Balaban J connectivity index is 2.58. The highest BCUT2D eigenvalue weighted by molar-refractivity contribution is 6.08. The molecule has 1 amide bonds. The molecule has 1 heterocycles. The maximum Gasteiger partial charge on any atom is 0.290 e. The van der Waals surface area contributed by atoms with Gasteiger partial charge in [-0.3, -0.25) is 9.59 Å². The second kappa shape index (κ2) is 6.56. The Labute approximate surface area is 134 Å². The van der Waals surface area contributed by atoms with Crippen molar-refractivity contribution in [2.24, 2.45) is 0 Å². The first kappa shape index (κ1) is 16.6. The SMILES string of the molecule is C=CCN1C(=O)C(O)=C(C(C)=O)[C@@H]1c1ccc(OC)c(OC)c1. The summed E-state index contributed by atoms with van der Waals surface area (Å²) in [6, 6.07) is 4.43. The van der Waals surface area contributed by atoms with E-state index in [4.69, 9.17) is 9.47 Å². The molecule has 6 heteroatoms. The summed E-state index contributed by atoms with van der Waals surface area (Å²) in [5.74, 6) is -0.449. The van der Waals surface area contributed by atoms with Gasteiger partial charge in [-0.25, -0.2) is 0 Å². The van der Waals surface area contributed by atoms with Gasteiger partial charge in [-0.1, -0.05) is 12.1 Å². The topological polar surface area (TPSA) is 76.1 Å². The number of hydrogen-bond donors (Lipinski definition) is 1. The molecular formula is C17H19NO5. The molecule has 0 aliphatic carbocycles. The molecule has 0 unspecified atom stereocenters. The highest BCUT2D eigenvalue weighted by Crippen LogP contribution is 2.40. The Morgan fingerprint density at radius 3 is 2.52 bits per heavy atom. The molecule has 0 fully saturated rings. The molecule has 6 nitrogen and oxygen atoms in total. The summed E-state index contributed by atoms with van der Waals surface area (Å²) >= 11 is 0. The zero-order valence-electron chi connectivity index (χ0n) is 13.3. The molecule has 122 valence electrons. The molecule has 0 aromatic heterocycles. The van der Waals surface area contributed by atoms with Crippen molar-refractivity contribution in [3.8, 4) is 11.5 Å². The molecule has 0 radical (unpaired) electrons. The van der Waals surface area contributed by atoms with Gasteiger partial charge in [0.05, 0.1) is 25.8 Å². The van der Waals surface area contributed by atoms with E-state index < -0.39 is 17.7 Å². The number of carbonyl (C=O) groups is 2. The van der Waals surface area contributed by atoms with Crippen LogP contribution in [0.4, 0.5) is 0 Å². The molecule has 1 aliphatic rings. The fourth-order valence-electron chi connectivity index (χ4n) is 2.71. The number of benzene rings is 1. The molecule has 0 saturated heterocycles. The Morgan fingerprint density at radius 1 is 1.35 bits per heavy atom. The number of ether oxygens (including phenoxy) is 2. The number of hydrogen-bond acceptors (Lipinski definition) is 5. The van der Waals surface area contributed by atoms with Gasteiger partial charge in [-0.2, -0.15) is 0 Å². The predicted octanol–water partition coefficient (Wildman–Crippen LogP) is 2.17. The fraction of sp³-hybridized carbons (Fsp3) is 0.294. The molecule has 23 heavy (non-hydrogen) atoms. The Bertz CT molecular complexity index is 692. The predicted molar refractivity (Wildman–Crippen MR) is 84.5 cm³/mol. The number of methoxy groups -OCH3 is 2. The van der Waals surface area contributed by atoms with Gasteiger partial charge in [-0.05, 0) is 24.6 Å². The molecule has 1 N–H and O–H groups in total. The van der Waals surface area contributed by atoms with Crippen LogP contribution >= 0.6 is 0 Å². The van der Waals surface area contributed by atoms with Crippen molar-refractivity contribution in [2.75, 3.05) is 20.8 Å². The number of aliphatic hydroxyl groups excluding tert-OH is 1. The summed E-state index contributed by atoms with van der Waals surface area (Å²) < 4.78 is 10.5. The number of ketones is 1. The maximum absolute atomic E-state index is 12.2. The van der Waals surface area contributed by atoms with E-state index >= 15 is 0 Å². The van der Waals surface area contributed by atoms with Crippen molar-refractivity contribution < 1.29 is 24.2 Å². The molecule has 1 atom stereocenters. The first-order chi connectivity index (χ1) is 11.0. The lowest BCUT2D eigenvalue weighted by Gasteiger charge is -2.26. The van der Waals surface area contributed by atoms with Crippen LogP contribution in [0.1, 0.15) is 18.5 Å². The van der Waals surface area contributed by atoms with E-state index in [1.165, 1.54) is 26.0 Å². The molecule has 0 saturated carbocycles. The lowest BCUT2D eigenvalue weighted by atomic mass is 9.96. The van der Waals surface area contributed by atoms with Crippen LogP contribution in [0.15, 0.2) is 42.2 Å². The zero-order chi connectivity index (χ0) is 17.1. The van der Waals surface area contributed by atoms with E-state index in [0.717, 1.165) is 0 Å². The number of aliphatic hydroxyl groups is 1. The van der Waals surface area contributed by atoms with Crippen molar-refractivity contribution >= 4 is 11.7 Å². The van der Waals surface area contributed by atoms with Crippen molar-refractivity contribution in [3.05, 3.63) is 47.7 Å². The van der Waals surface area contributed by atoms with Crippen molar-refractivity contribution in [2.45, 2.75) is 13.0 Å². The zero-order valence-corrected chi connectivity index (χ0v) is 13.3. The first-order valence-corrected chi connectivity index (χ1v) is 7.04. The highest BCUT2D eigenvalue weighted by Gasteiger charge is 2.41. The molecule has 2 rings (SSSR count). The van der Waals surface area contributed by atoms with Crippen LogP contribution in [0.25, 0.3) is 0 Å². The van der Waals surface area contributed by atoms with E-state index in [2.05, 4.69) is 6.58 Å².